The van der Waals surface area contributed by atoms with Gasteiger partial charge in [0.05, 0.1) is 6.21 Å². The molecule has 0 fully saturated rings. The van der Waals surface area contributed by atoms with Gasteiger partial charge in [0.15, 0.2) is 0 Å². The molecule has 0 aliphatic rings. The van der Waals surface area contributed by atoms with Crippen LogP contribution in [0.25, 0.3) is 0 Å². The number of nitrogens with one attached hydrogen (secondary N) is 1. The number of carbonyl (C=O) groups is 1. The molecule has 2 rings (SSSR count). The summed E-state index contributed by atoms with van der Waals surface area (Å²) < 4.78 is 37.4. The Labute approximate surface area is 130 Å². The van der Waals surface area contributed by atoms with Crippen LogP contribution in [-0.2, 0) is 6.54 Å². The zero-order chi connectivity index (χ0) is 17.0. The minimum Gasteiger partial charge on any atom is -0.267 e. The molecule has 1 amide bonds. The quantitative estimate of drug-likeness (QED) is 0.694. The third kappa shape index (κ3) is 4.94. The lowest BCUT2D eigenvalue weighted by Gasteiger charge is -2.05. The smallest absolute Gasteiger partial charge is 0.267 e. The third-order valence-corrected chi connectivity index (χ3v) is 3.13. The van der Waals surface area contributed by atoms with E-state index in [9.17, 15) is 18.0 Å². The van der Waals surface area contributed by atoms with Crippen molar-refractivity contribution in [3.8, 4) is 0 Å². The fourth-order valence-corrected chi connectivity index (χ4v) is 1.82. The van der Waals surface area contributed by atoms with Crippen molar-refractivity contribution in [3.63, 3.8) is 0 Å². The Bertz CT molecular complexity index is 735. The standard InChI is InChI=1S/C15H15F3N4O/c1-10-3-4-12(7-11(10)2)14(23)20-19-8-13-5-6-22(21-13)9-15(16,17)18/h3-8H,9H2,1-2H3,(H,20,23)/b19-8-. The van der Waals surface area contributed by atoms with Gasteiger partial charge in [-0.3, -0.25) is 9.48 Å². The van der Waals surface area contributed by atoms with Crippen molar-refractivity contribution in [2.24, 2.45) is 5.10 Å². The Hall–Kier alpha value is -2.64. The summed E-state index contributed by atoms with van der Waals surface area (Å²) in [5.41, 5.74) is 5.03. The van der Waals surface area contributed by atoms with E-state index < -0.39 is 18.6 Å². The Morgan fingerprint density at radius 1 is 1.30 bits per heavy atom. The molecule has 0 atom stereocenters. The maximum Gasteiger partial charge on any atom is 0.408 e. The largest absolute Gasteiger partial charge is 0.408 e. The molecule has 1 aromatic heterocycles. The highest BCUT2D eigenvalue weighted by molar-refractivity contribution is 5.95. The van der Waals surface area contributed by atoms with Gasteiger partial charge in [-0.15, -0.1) is 0 Å². The van der Waals surface area contributed by atoms with Crippen molar-refractivity contribution < 1.29 is 18.0 Å². The molecule has 0 saturated heterocycles. The van der Waals surface area contributed by atoms with Gasteiger partial charge in [-0.1, -0.05) is 6.07 Å². The minimum atomic E-state index is -4.34. The number of alkyl halides is 3. The Kier molecular flexibility index (Phi) is 4.83. The lowest BCUT2D eigenvalue weighted by molar-refractivity contribution is -0.142. The van der Waals surface area contributed by atoms with E-state index >= 15 is 0 Å². The van der Waals surface area contributed by atoms with E-state index in [2.05, 4.69) is 15.6 Å². The number of halogens is 3. The SMILES string of the molecule is Cc1ccc(C(=O)N/N=C\c2ccn(CC(F)(F)F)n2)cc1C. The Morgan fingerprint density at radius 3 is 2.70 bits per heavy atom. The van der Waals surface area contributed by atoms with Crippen molar-refractivity contribution in [2.45, 2.75) is 26.6 Å². The van der Waals surface area contributed by atoms with Gasteiger partial charge in [0.25, 0.3) is 5.91 Å². The van der Waals surface area contributed by atoms with E-state index in [-0.39, 0.29) is 5.69 Å². The highest BCUT2D eigenvalue weighted by Gasteiger charge is 2.28. The molecule has 0 bridgehead atoms. The van der Waals surface area contributed by atoms with Crippen LogP contribution in [0.4, 0.5) is 13.2 Å². The van der Waals surface area contributed by atoms with Crippen LogP contribution >= 0.6 is 0 Å². The molecule has 5 nitrogen and oxygen atoms in total. The molecule has 122 valence electrons. The monoisotopic (exact) mass is 324 g/mol. The topological polar surface area (TPSA) is 59.3 Å². The summed E-state index contributed by atoms with van der Waals surface area (Å²) in [5, 5.41) is 7.39. The lowest BCUT2D eigenvalue weighted by Crippen LogP contribution is -2.18. The fourth-order valence-electron chi connectivity index (χ4n) is 1.82. The maximum absolute atomic E-state index is 12.2. The van der Waals surface area contributed by atoms with Crippen LogP contribution in [0.3, 0.4) is 0 Å². The molecule has 23 heavy (non-hydrogen) atoms. The van der Waals surface area contributed by atoms with Crippen molar-refractivity contribution in [1.82, 2.24) is 15.2 Å². The molecule has 0 radical (unpaired) electrons. The number of hydrogen-bond donors (Lipinski definition) is 1. The second-order valence-corrected chi connectivity index (χ2v) is 5.05. The van der Waals surface area contributed by atoms with Gasteiger partial charge in [-0.25, -0.2) is 5.43 Å². The molecular formula is C15H15F3N4O. The first-order valence-electron chi connectivity index (χ1n) is 6.75. The zero-order valence-corrected chi connectivity index (χ0v) is 12.6. The molecule has 0 spiro atoms. The van der Waals surface area contributed by atoms with Crippen LogP contribution in [0.2, 0.25) is 0 Å². The molecule has 0 saturated carbocycles. The highest BCUT2D eigenvalue weighted by atomic mass is 19.4. The average Bonchev–Trinajstić information content (AvgIpc) is 2.87. The van der Waals surface area contributed by atoms with E-state index in [1.54, 1.807) is 12.1 Å². The van der Waals surface area contributed by atoms with Crippen LogP contribution < -0.4 is 5.43 Å². The van der Waals surface area contributed by atoms with Crippen LogP contribution in [-0.4, -0.2) is 28.1 Å². The Balaban J connectivity index is 1.96. The van der Waals surface area contributed by atoms with Crippen molar-refractivity contribution >= 4 is 12.1 Å². The van der Waals surface area contributed by atoms with Gasteiger partial charge in [-0.2, -0.15) is 23.4 Å². The first-order chi connectivity index (χ1) is 10.7. The van der Waals surface area contributed by atoms with Crippen molar-refractivity contribution in [2.75, 3.05) is 0 Å². The summed E-state index contributed by atoms with van der Waals surface area (Å²) in [7, 11) is 0. The van der Waals surface area contributed by atoms with Gasteiger partial charge in [0.1, 0.15) is 12.2 Å². The molecule has 0 aliphatic heterocycles. The number of hydrazone groups is 1. The number of nitrogens with zero attached hydrogens (tertiary/aromatic N) is 3. The summed E-state index contributed by atoms with van der Waals surface area (Å²) >= 11 is 0. The number of aryl methyl sites for hydroxylation is 2. The Morgan fingerprint density at radius 2 is 2.04 bits per heavy atom. The van der Waals surface area contributed by atoms with E-state index in [4.69, 9.17) is 0 Å². The molecule has 8 heteroatoms. The first kappa shape index (κ1) is 16.7. The molecular weight excluding hydrogens is 309 g/mol. The summed E-state index contributed by atoms with van der Waals surface area (Å²) in [6.45, 7) is 2.66. The molecule has 1 aromatic carbocycles. The second kappa shape index (κ2) is 6.64. The summed E-state index contributed by atoms with van der Waals surface area (Å²) in [4.78, 5) is 11.9. The molecule has 2 aromatic rings. The van der Waals surface area contributed by atoms with Gasteiger partial charge < -0.3 is 0 Å². The molecule has 0 unspecified atom stereocenters. The zero-order valence-electron chi connectivity index (χ0n) is 12.6. The first-order valence-corrected chi connectivity index (χ1v) is 6.75. The van der Waals surface area contributed by atoms with Gasteiger partial charge in [0.2, 0.25) is 0 Å². The summed E-state index contributed by atoms with van der Waals surface area (Å²) in [6, 6.07) is 6.60. The van der Waals surface area contributed by atoms with E-state index in [0.717, 1.165) is 15.8 Å². The predicted octanol–water partition coefficient (Wildman–Crippen LogP) is 2.83. The summed E-state index contributed by atoms with van der Waals surface area (Å²) in [5.74, 6) is -0.404. The molecule has 1 N–H and O–H groups in total. The van der Waals surface area contributed by atoms with Gasteiger partial charge >= 0.3 is 6.18 Å². The van der Waals surface area contributed by atoms with Crippen molar-refractivity contribution in [1.29, 1.82) is 0 Å². The van der Waals surface area contributed by atoms with E-state index in [1.165, 1.54) is 18.5 Å². The van der Waals surface area contributed by atoms with Crippen LogP contribution in [0.5, 0.6) is 0 Å². The average molecular weight is 324 g/mol. The van der Waals surface area contributed by atoms with Gasteiger partial charge in [-0.05, 0) is 43.2 Å². The van der Waals surface area contributed by atoms with Crippen molar-refractivity contribution in [3.05, 3.63) is 52.8 Å². The predicted molar refractivity (Wildman–Crippen MR) is 79.3 cm³/mol. The number of amides is 1. The molecule has 1 heterocycles. The molecule has 0 aliphatic carbocycles. The number of aromatic nitrogens is 2. The number of benzene rings is 1. The van der Waals surface area contributed by atoms with Crippen LogP contribution in [0.1, 0.15) is 27.2 Å². The normalized spacial score (nSPS) is 11.9. The van der Waals surface area contributed by atoms with E-state index in [1.807, 2.05) is 19.9 Å². The fraction of sp³-hybridized carbons (Fsp3) is 0.267. The number of carbonyl (C=O) groups excluding carboxylic acids is 1. The summed E-state index contributed by atoms with van der Waals surface area (Å²) in [6.07, 6.45) is -1.95. The maximum atomic E-state index is 12.2. The van der Waals surface area contributed by atoms with Crippen LogP contribution in [0.15, 0.2) is 35.6 Å². The van der Waals surface area contributed by atoms with Crippen LogP contribution in [0, 0.1) is 13.8 Å². The number of hydrogen-bond acceptors (Lipinski definition) is 3. The minimum absolute atomic E-state index is 0.217. The highest BCUT2D eigenvalue weighted by Crippen LogP contribution is 2.16. The van der Waals surface area contributed by atoms with Gasteiger partial charge in [0, 0.05) is 11.8 Å². The second-order valence-electron chi connectivity index (χ2n) is 5.05. The third-order valence-electron chi connectivity index (χ3n) is 3.13. The lowest BCUT2D eigenvalue weighted by atomic mass is 10.1. The van der Waals surface area contributed by atoms with E-state index in [0.29, 0.717) is 5.56 Å². The number of rotatable bonds is 4.